The maximum atomic E-state index is 12.4. The van der Waals surface area contributed by atoms with Crippen LogP contribution >= 0.6 is 0 Å². The molecule has 1 amide bonds. The summed E-state index contributed by atoms with van der Waals surface area (Å²) in [7, 11) is 1.86. The van der Waals surface area contributed by atoms with Gasteiger partial charge in [0.1, 0.15) is 24.4 Å². The molecule has 0 spiro atoms. The summed E-state index contributed by atoms with van der Waals surface area (Å²) < 4.78 is 0. The molecular formula is C18H26N6O. The number of likely N-dealkylation sites (N-methyl/N-ethyl adjacent to an activating group) is 1. The number of nitrogens with zero attached hydrogens (tertiary/aromatic N) is 4. The molecule has 2 N–H and O–H groups in total. The van der Waals surface area contributed by atoms with Crippen LogP contribution in [0.4, 0.5) is 0 Å². The van der Waals surface area contributed by atoms with Crippen LogP contribution in [-0.4, -0.2) is 53.0 Å². The van der Waals surface area contributed by atoms with E-state index in [1.807, 2.05) is 30.3 Å². The van der Waals surface area contributed by atoms with E-state index in [0.717, 1.165) is 55.3 Å². The zero-order valence-corrected chi connectivity index (χ0v) is 15.0. The Kier molecular flexibility index (Phi) is 4.98. The second kappa shape index (κ2) is 7.18. The number of nitriles is 1. The first-order chi connectivity index (χ1) is 12.1. The van der Waals surface area contributed by atoms with Gasteiger partial charge in [0.25, 0.3) is 0 Å². The van der Waals surface area contributed by atoms with Gasteiger partial charge in [-0.15, -0.1) is 0 Å². The highest BCUT2D eigenvalue weighted by Gasteiger charge is 2.41. The predicted molar refractivity (Wildman–Crippen MR) is 94.4 cm³/mol. The molecule has 1 fully saturated rings. The fourth-order valence-electron chi connectivity index (χ4n) is 4.12. The van der Waals surface area contributed by atoms with Crippen LogP contribution in [0.3, 0.4) is 0 Å². The summed E-state index contributed by atoms with van der Waals surface area (Å²) in [6.07, 6.45) is 5.79. The van der Waals surface area contributed by atoms with Crippen LogP contribution in [-0.2, 0) is 4.79 Å². The number of likely N-dealkylation sites (tertiary alicyclic amines) is 1. The number of amides is 1. The Morgan fingerprint density at radius 2 is 2.40 bits per heavy atom. The highest BCUT2D eigenvalue weighted by atomic mass is 16.2. The molecule has 2 aliphatic heterocycles. The Labute approximate surface area is 148 Å². The molecule has 25 heavy (non-hydrogen) atoms. The zero-order chi connectivity index (χ0) is 17.9. The molecule has 134 valence electrons. The molecule has 7 heteroatoms. The minimum absolute atomic E-state index is 0.0579. The van der Waals surface area contributed by atoms with Gasteiger partial charge >= 0.3 is 0 Å². The van der Waals surface area contributed by atoms with E-state index < -0.39 is 0 Å². The average Bonchev–Trinajstić information content (AvgIpc) is 3.10. The first kappa shape index (κ1) is 17.3. The fourth-order valence-corrected chi connectivity index (χ4v) is 4.12. The summed E-state index contributed by atoms with van der Waals surface area (Å²) in [6, 6.07) is 4.03. The van der Waals surface area contributed by atoms with Crippen LogP contribution in [0.15, 0.2) is 17.3 Å². The summed E-state index contributed by atoms with van der Waals surface area (Å²) in [5, 5.41) is 13.4. The molecule has 1 aromatic heterocycles. The van der Waals surface area contributed by atoms with E-state index in [4.69, 9.17) is 5.26 Å². The minimum Gasteiger partial charge on any atom is -0.355 e. The highest BCUT2D eigenvalue weighted by Crippen LogP contribution is 2.33. The summed E-state index contributed by atoms with van der Waals surface area (Å²) in [4.78, 5) is 24.2. The van der Waals surface area contributed by atoms with Crippen molar-refractivity contribution in [3.63, 3.8) is 0 Å². The zero-order valence-electron chi connectivity index (χ0n) is 15.0. The summed E-state index contributed by atoms with van der Waals surface area (Å²) in [5.41, 5.74) is 0.690. The van der Waals surface area contributed by atoms with E-state index in [1.165, 1.54) is 0 Å². The quantitative estimate of drug-likeness (QED) is 0.804. The van der Waals surface area contributed by atoms with E-state index in [0.29, 0.717) is 6.67 Å². The molecule has 3 heterocycles. The third-order valence-electron chi connectivity index (χ3n) is 5.37. The SMILES string of the molecule is CCCC1(N(C)C(=O)CC#N)CCCN(C2=c3cc[nH]c3=NCN2)C1. The van der Waals surface area contributed by atoms with Crippen molar-refractivity contribution in [1.29, 1.82) is 5.26 Å². The van der Waals surface area contributed by atoms with Crippen LogP contribution in [0.25, 0.3) is 5.82 Å². The number of fused-ring (bicyclic) bond motifs is 1. The molecule has 0 radical (unpaired) electrons. The molecule has 1 saturated heterocycles. The number of hydrogen-bond acceptors (Lipinski definition) is 5. The van der Waals surface area contributed by atoms with Crippen LogP contribution in [0.1, 0.15) is 39.0 Å². The van der Waals surface area contributed by atoms with Crippen molar-refractivity contribution in [3.8, 4) is 6.07 Å². The second-order valence-corrected chi connectivity index (χ2v) is 6.87. The lowest BCUT2D eigenvalue weighted by atomic mass is 9.83. The molecule has 7 nitrogen and oxygen atoms in total. The molecular weight excluding hydrogens is 316 g/mol. The molecule has 1 aromatic rings. The lowest BCUT2D eigenvalue weighted by Gasteiger charge is -2.49. The number of hydrogen-bond donors (Lipinski definition) is 2. The summed E-state index contributed by atoms with van der Waals surface area (Å²) >= 11 is 0. The van der Waals surface area contributed by atoms with Crippen LogP contribution in [0, 0.1) is 11.3 Å². The molecule has 0 aliphatic carbocycles. The smallest absolute Gasteiger partial charge is 0.237 e. The van der Waals surface area contributed by atoms with Gasteiger partial charge in [0.05, 0.1) is 16.8 Å². The molecule has 3 rings (SSSR count). The van der Waals surface area contributed by atoms with Gasteiger partial charge in [-0.25, -0.2) is 4.99 Å². The van der Waals surface area contributed by atoms with Crippen molar-refractivity contribution in [2.75, 3.05) is 26.8 Å². The Morgan fingerprint density at radius 3 is 3.16 bits per heavy atom. The third kappa shape index (κ3) is 3.21. The van der Waals surface area contributed by atoms with Gasteiger partial charge in [-0.2, -0.15) is 5.26 Å². The fraction of sp³-hybridized carbons (Fsp3) is 0.611. The van der Waals surface area contributed by atoms with Gasteiger partial charge in [0.15, 0.2) is 0 Å². The van der Waals surface area contributed by atoms with Gasteiger partial charge in [0, 0.05) is 26.3 Å². The highest BCUT2D eigenvalue weighted by molar-refractivity contribution is 5.78. The Balaban J connectivity index is 1.93. The Morgan fingerprint density at radius 1 is 1.56 bits per heavy atom. The summed E-state index contributed by atoms with van der Waals surface area (Å²) in [6.45, 7) is 4.45. The molecule has 2 aliphatic rings. The standard InChI is InChI=1S/C18H26N6O/c1-3-7-18(23(2)15(25)5-9-19)8-4-11-24(12-18)17-14-6-10-20-16(14)21-13-22-17/h6,10,22H,3-5,7-8,11-13H2,1-2H3,(H,20,21). The second-order valence-electron chi connectivity index (χ2n) is 6.87. The monoisotopic (exact) mass is 342 g/mol. The number of aromatic amines is 1. The minimum atomic E-state index is -0.222. The normalized spacial score (nSPS) is 22.4. The van der Waals surface area contributed by atoms with Gasteiger partial charge < -0.3 is 20.1 Å². The van der Waals surface area contributed by atoms with Gasteiger partial charge in [-0.05, 0) is 25.3 Å². The van der Waals surface area contributed by atoms with Crippen molar-refractivity contribution >= 4 is 11.7 Å². The van der Waals surface area contributed by atoms with Gasteiger partial charge in [-0.1, -0.05) is 13.3 Å². The van der Waals surface area contributed by atoms with Crippen molar-refractivity contribution in [1.82, 2.24) is 20.1 Å². The van der Waals surface area contributed by atoms with Crippen molar-refractivity contribution in [2.24, 2.45) is 4.99 Å². The first-order valence-electron chi connectivity index (χ1n) is 8.96. The number of piperidine rings is 1. The van der Waals surface area contributed by atoms with Crippen molar-refractivity contribution < 1.29 is 4.79 Å². The van der Waals surface area contributed by atoms with E-state index >= 15 is 0 Å². The molecule has 0 saturated carbocycles. The predicted octanol–water partition coefficient (Wildman–Crippen LogP) is 0.267. The summed E-state index contributed by atoms with van der Waals surface area (Å²) in [5.74, 6) is 1.00. The molecule has 0 aromatic carbocycles. The average molecular weight is 342 g/mol. The number of H-pyrrole nitrogens is 1. The largest absolute Gasteiger partial charge is 0.355 e. The van der Waals surface area contributed by atoms with Crippen molar-refractivity contribution in [3.05, 3.63) is 23.0 Å². The van der Waals surface area contributed by atoms with E-state index in [1.54, 1.807) is 0 Å². The van der Waals surface area contributed by atoms with Crippen LogP contribution in [0.2, 0.25) is 0 Å². The van der Waals surface area contributed by atoms with E-state index in [-0.39, 0.29) is 17.9 Å². The maximum Gasteiger partial charge on any atom is 0.237 e. The third-order valence-corrected chi connectivity index (χ3v) is 5.37. The topological polar surface area (TPSA) is 87.5 Å². The Bertz CT molecular complexity index is 787. The van der Waals surface area contributed by atoms with Crippen LogP contribution in [0.5, 0.6) is 0 Å². The molecule has 1 atom stereocenters. The Hall–Kier alpha value is -2.49. The molecule has 0 bridgehead atoms. The van der Waals surface area contributed by atoms with E-state index in [9.17, 15) is 4.79 Å². The number of carbonyl (C=O) groups excluding carboxylic acids is 1. The number of nitrogens with one attached hydrogen (secondary N) is 2. The maximum absolute atomic E-state index is 12.4. The van der Waals surface area contributed by atoms with E-state index in [2.05, 4.69) is 27.1 Å². The van der Waals surface area contributed by atoms with Gasteiger partial charge in [-0.3, -0.25) is 4.79 Å². The lowest BCUT2D eigenvalue weighted by Crippen LogP contribution is -2.60. The van der Waals surface area contributed by atoms with Gasteiger partial charge in [0.2, 0.25) is 5.91 Å². The van der Waals surface area contributed by atoms with Crippen molar-refractivity contribution in [2.45, 2.75) is 44.6 Å². The van der Waals surface area contributed by atoms with Crippen LogP contribution < -0.4 is 16.0 Å². The number of carbonyl (C=O) groups is 1. The number of aromatic nitrogens is 1. The number of rotatable bonds is 5. The first-order valence-corrected chi connectivity index (χ1v) is 8.96. The molecule has 1 unspecified atom stereocenters. The lowest BCUT2D eigenvalue weighted by molar-refractivity contribution is -0.136.